The van der Waals surface area contributed by atoms with Crippen LogP contribution in [0.5, 0.6) is 0 Å². The van der Waals surface area contributed by atoms with Gasteiger partial charge >= 0.3 is 0 Å². The van der Waals surface area contributed by atoms with Crippen LogP contribution in [0.3, 0.4) is 0 Å². The fourth-order valence-corrected chi connectivity index (χ4v) is 4.80. The molecule has 7 heteroatoms. The molecule has 0 bridgehead atoms. The maximum Gasteiger partial charge on any atom is 0.270 e. The van der Waals surface area contributed by atoms with E-state index < -0.39 is 0 Å². The quantitative estimate of drug-likeness (QED) is 0.688. The summed E-state index contributed by atoms with van der Waals surface area (Å²) in [6, 6.07) is 3.49. The molecule has 0 spiro atoms. The molecule has 4 atom stereocenters. The van der Waals surface area contributed by atoms with Crippen molar-refractivity contribution < 1.29 is 9.59 Å². The molecule has 1 aliphatic carbocycles. The number of fused-ring (bicyclic) bond motifs is 1. The maximum absolute atomic E-state index is 13.1. The van der Waals surface area contributed by atoms with E-state index in [9.17, 15) is 9.59 Å². The van der Waals surface area contributed by atoms with Crippen molar-refractivity contribution in [2.75, 3.05) is 13.1 Å². The van der Waals surface area contributed by atoms with Gasteiger partial charge in [0, 0.05) is 42.8 Å². The predicted molar refractivity (Wildman–Crippen MR) is 120 cm³/mol. The normalized spacial score (nSPS) is 26.6. The van der Waals surface area contributed by atoms with Gasteiger partial charge in [-0.25, -0.2) is 4.98 Å². The minimum absolute atomic E-state index is 0.0490. The Labute approximate surface area is 185 Å². The molecule has 0 aromatic carbocycles. The van der Waals surface area contributed by atoms with E-state index in [4.69, 9.17) is 0 Å². The summed E-state index contributed by atoms with van der Waals surface area (Å²) in [7, 11) is 0. The standard InChI is InChI=1S/C23H27BrN4O2/c1-14-5-3-4-6-17(14)23(30)28-10-9-15(2)20(13-28)27-22(29)19-8-7-16-11-25-12-18(24)21(16)26-19/h3-4,7-8,11-12,14-15,17,20H,5-6,9-10,13H2,1-2H3,(H,27,29)/t14-,15?,17-,20?/m1/s1. The van der Waals surface area contributed by atoms with Crippen molar-refractivity contribution in [1.82, 2.24) is 20.2 Å². The number of amides is 2. The van der Waals surface area contributed by atoms with E-state index in [0.717, 1.165) is 35.7 Å². The zero-order valence-electron chi connectivity index (χ0n) is 17.3. The van der Waals surface area contributed by atoms with Gasteiger partial charge in [0.1, 0.15) is 5.69 Å². The minimum atomic E-state index is -0.208. The van der Waals surface area contributed by atoms with Gasteiger partial charge in [-0.3, -0.25) is 14.6 Å². The van der Waals surface area contributed by atoms with Gasteiger partial charge in [-0.05, 0) is 59.2 Å². The Hall–Kier alpha value is -2.28. The molecule has 1 fully saturated rings. The van der Waals surface area contributed by atoms with Gasteiger partial charge in [-0.1, -0.05) is 26.0 Å². The summed E-state index contributed by atoms with van der Waals surface area (Å²) in [6.07, 6.45) is 10.3. The number of carbonyl (C=O) groups is 2. The second kappa shape index (κ2) is 8.84. The number of nitrogens with one attached hydrogen (secondary N) is 1. The number of hydrogen-bond donors (Lipinski definition) is 1. The first-order chi connectivity index (χ1) is 14.4. The number of hydrogen-bond acceptors (Lipinski definition) is 4. The van der Waals surface area contributed by atoms with Gasteiger partial charge in [0.2, 0.25) is 5.91 Å². The lowest BCUT2D eigenvalue weighted by molar-refractivity contribution is -0.139. The number of carbonyl (C=O) groups excluding carboxylic acids is 2. The van der Waals surface area contributed by atoms with E-state index in [1.807, 2.05) is 11.0 Å². The van der Waals surface area contributed by atoms with Gasteiger partial charge in [0.15, 0.2) is 0 Å². The zero-order chi connectivity index (χ0) is 21.3. The SMILES string of the molecule is CC1CCN(C(=O)[C@@H]2CC=CC[C@H]2C)CC1NC(=O)c1ccc2cncc(Br)c2n1. The molecule has 6 nitrogen and oxygen atoms in total. The average molecular weight is 471 g/mol. The first kappa shape index (κ1) is 21.0. The van der Waals surface area contributed by atoms with Crippen LogP contribution in [0.15, 0.2) is 41.2 Å². The van der Waals surface area contributed by atoms with Gasteiger partial charge in [0.05, 0.1) is 9.99 Å². The van der Waals surface area contributed by atoms with Crippen LogP contribution in [0.25, 0.3) is 10.9 Å². The summed E-state index contributed by atoms with van der Waals surface area (Å²) in [5.74, 6) is 0.731. The molecule has 2 aliphatic rings. The molecule has 4 rings (SSSR count). The first-order valence-corrected chi connectivity index (χ1v) is 11.4. The number of piperidine rings is 1. The van der Waals surface area contributed by atoms with Crippen LogP contribution < -0.4 is 5.32 Å². The lowest BCUT2D eigenvalue weighted by atomic mass is 9.82. The van der Waals surface area contributed by atoms with Gasteiger partial charge in [-0.2, -0.15) is 0 Å². The smallest absolute Gasteiger partial charge is 0.270 e. The third-order valence-electron chi connectivity index (χ3n) is 6.44. The highest BCUT2D eigenvalue weighted by Crippen LogP contribution is 2.29. The lowest BCUT2D eigenvalue weighted by Gasteiger charge is -2.40. The topological polar surface area (TPSA) is 75.2 Å². The molecule has 30 heavy (non-hydrogen) atoms. The Bertz CT molecular complexity index is 992. The van der Waals surface area contributed by atoms with E-state index in [1.54, 1.807) is 18.5 Å². The van der Waals surface area contributed by atoms with Crippen LogP contribution in [0.2, 0.25) is 0 Å². The molecule has 1 aliphatic heterocycles. The minimum Gasteiger partial charge on any atom is -0.346 e. The number of aromatic nitrogens is 2. The molecule has 0 radical (unpaired) electrons. The molecule has 158 valence electrons. The molecule has 2 amide bonds. The van der Waals surface area contributed by atoms with Crippen LogP contribution in [0.1, 0.15) is 43.6 Å². The van der Waals surface area contributed by atoms with Crippen molar-refractivity contribution in [3.05, 3.63) is 46.8 Å². The number of nitrogens with zero attached hydrogens (tertiary/aromatic N) is 3. The molecule has 1 N–H and O–H groups in total. The summed E-state index contributed by atoms with van der Waals surface area (Å²) < 4.78 is 0.758. The summed E-state index contributed by atoms with van der Waals surface area (Å²) in [6.45, 7) is 5.60. The molecule has 0 saturated carbocycles. The number of rotatable bonds is 3. The van der Waals surface area contributed by atoms with Crippen molar-refractivity contribution >= 4 is 38.6 Å². The van der Waals surface area contributed by atoms with Crippen LogP contribution in [-0.2, 0) is 4.79 Å². The third-order valence-corrected chi connectivity index (χ3v) is 7.02. The highest BCUT2D eigenvalue weighted by molar-refractivity contribution is 9.10. The molecular weight excluding hydrogens is 444 g/mol. The van der Waals surface area contributed by atoms with E-state index in [0.29, 0.717) is 29.6 Å². The summed E-state index contributed by atoms with van der Waals surface area (Å²) in [5, 5.41) is 4.00. The number of likely N-dealkylation sites (tertiary alicyclic amines) is 1. The average Bonchev–Trinajstić information content (AvgIpc) is 2.75. The largest absolute Gasteiger partial charge is 0.346 e. The Balaban J connectivity index is 1.46. The highest BCUT2D eigenvalue weighted by Gasteiger charge is 2.35. The Morgan fingerprint density at radius 2 is 1.93 bits per heavy atom. The highest BCUT2D eigenvalue weighted by atomic mass is 79.9. The Morgan fingerprint density at radius 3 is 2.73 bits per heavy atom. The molecule has 2 unspecified atom stereocenters. The van der Waals surface area contributed by atoms with E-state index in [2.05, 4.69) is 57.2 Å². The Morgan fingerprint density at radius 1 is 1.13 bits per heavy atom. The number of halogens is 1. The molecular formula is C23H27BrN4O2. The molecule has 3 heterocycles. The van der Waals surface area contributed by atoms with Crippen LogP contribution >= 0.6 is 15.9 Å². The molecule has 2 aromatic heterocycles. The maximum atomic E-state index is 13.1. The molecule has 1 saturated heterocycles. The van der Waals surface area contributed by atoms with Crippen molar-refractivity contribution in [1.29, 1.82) is 0 Å². The van der Waals surface area contributed by atoms with Crippen LogP contribution in [-0.4, -0.2) is 45.8 Å². The van der Waals surface area contributed by atoms with Crippen LogP contribution in [0, 0.1) is 17.8 Å². The zero-order valence-corrected chi connectivity index (χ0v) is 18.9. The predicted octanol–water partition coefficient (Wildman–Crippen LogP) is 3.96. The lowest BCUT2D eigenvalue weighted by Crippen LogP contribution is -2.55. The summed E-state index contributed by atoms with van der Waals surface area (Å²) in [5.41, 5.74) is 1.08. The van der Waals surface area contributed by atoms with E-state index in [-0.39, 0.29) is 23.8 Å². The van der Waals surface area contributed by atoms with Crippen molar-refractivity contribution in [2.24, 2.45) is 17.8 Å². The van der Waals surface area contributed by atoms with Gasteiger partial charge < -0.3 is 10.2 Å². The molecule has 2 aromatic rings. The van der Waals surface area contributed by atoms with Crippen LogP contribution in [0.4, 0.5) is 0 Å². The third kappa shape index (κ3) is 4.26. The number of allylic oxidation sites excluding steroid dienone is 2. The fraction of sp³-hybridized carbons (Fsp3) is 0.478. The number of pyridine rings is 2. The van der Waals surface area contributed by atoms with Crippen molar-refractivity contribution in [3.8, 4) is 0 Å². The Kier molecular flexibility index (Phi) is 6.18. The monoisotopic (exact) mass is 470 g/mol. The fourth-order valence-electron chi connectivity index (χ4n) is 4.36. The second-order valence-electron chi connectivity index (χ2n) is 8.55. The summed E-state index contributed by atoms with van der Waals surface area (Å²) >= 11 is 3.45. The van der Waals surface area contributed by atoms with Crippen molar-refractivity contribution in [2.45, 2.75) is 39.2 Å². The van der Waals surface area contributed by atoms with Crippen molar-refractivity contribution in [3.63, 3.8) is 0 Å². The second-order valence-corrected chi connectivity index (χ2v) is 9.40. The van der Waals surface area contributed by atoms with Gasteiger partial charge in [0.25, 0.3) is 5.91 Å². The van der Waals surface area contributed by atoms with E-state index >= 15 is 0 Å². The van der Waals surface area contributed by atoms with E-state index in [1.165, 1.54) is 0 Å². The summed E-state index contributed by atoms with van der Waals surface area (Å²) in [4.78, 5) is 36.6. The van der Waals surface area contributed by atoms with Gasteiger partial charge in [-0.15, -0.1) is 0 Å². The first-order valence-electron chi connectivity index (χ1n) is 10.6.